The average Bonchev–Trinajstić information content (AvgIpc) is 3.19. The second-order valence-corrected chi connectivity index (χ2v) is 7.67. The van der Waals surface area contributed by atoms with Crippen LogP contribution in [0, 0.1) is 5.92 Å². The van der Waals surface area contributed by atoms with Crippen molar-refractivity contribution in [1.29, 1.82) is 0 Å². The Morgan fingerprint density at radius 1 is 1.35 bits per heavy atom. The number of urea groups is 1. The van der Waals surface area contributed by atoms with Gasteiger partial charge >= 0.3 is 6.03 Å². The van der Waals surface area contributed by atoms with Crippen LogP contribution in [0.3, 0.4) is 0 Å². The van der Waals surface area contributed by atoms with Crippen molar-refractivity contribution in [3.8, 4) is 0 Å². The molecule has 1 fully saturated rings. The summed E-state index contributed by atoms with van der Waals surface area (Å²) in [5.41, 5.74) is 1.04. The molecular weight excluding hydrogens is 348 g/mol. The number of thiophene rings is 1. The highest BCUT2D eigenvalue weighted by atomic mass is 32.1. The standard InChI is InChI=1S/C19H26N4O2S/c1-14(2)18(16-4-3-11-26-16)22-19(24)21-13-15-5-6-20-17(12-15)23-7-9-25-10-8-23/h3-6,11-12,14,18H,7-10,13H2,1-2H3,(H2,21,22,24). The smallest absolute Gasteiger partial charge is 0.315 e. The molecule has 1 unspecified atom stereocenters. The molecule has 3 rings (SSSR count). The van der Waals surface area contributed by atoms with Crippen LogP contribution < -0.4 is 15.5 Å². The third-order valence-corrected chi connectivity index (χ3v) is 5.36. The Balaban J connectivity index is 1.55. The number of pyridine rings is 1. The largest absolute Gasteiger partial charge is 0.378 e. The Labute approximate surface area is 158 Å². The first kappa shape index (κ1) is 18.7. The molecule has 26 heavy (non-hydrogen) atoms. The van der Waals surface area contributed by atoms with Crippen LogP contribution >= 0.6 is 11.3 Å². The van der Waals surface area contributed by atoms with Gasteiger partial charge < -0.3 is 20.3 Å². The number of carbonyl (C=O) groups is 1. The van der Waals surface area contributed by atoms with Gasteiger partial charge in [0.15, 0.2) is 0 Å². The van der Waals surface area contributed by atoms with Gasteiger partial charge in [-0.05, 0) is 35.1 Å². The number of rotatable bonds is 6. The lowest BCUT2D eigenvalue weighted by Gasteiger charge is -2.28. The summed E-state index contributed by atoms with van der Waals surface area (Å²) in [5.74, 6) is 1.26. The normalized spacial score (nSPS) is 15.7. The predicted molar refractivity (Wildman–Crippen MR) is 105 cm³/mol. The molecular formula is C19H26N4O2S. The summed E-state index contributed by atoms with van der Waals surface area (Å²) in [6.45, 7) is 7.85. The number of aromatic nitrogens is 1. The van der Waals surface area contributed by atoms with Gasteiger partial charge in [-0.1, -0.05) is 19.9 Å². The number of amides is 2. The third kappa shape index (κ3) is 4.95. The van der Waals surface area contributed by atoms with Crippen LogP contribution in [0.2, 0.25) is 0 Å². The third-order valence-electron chi connectivity index (χ3n) is 4.40. The van der Waals surface area contributed by atoms with Crippen molar-refractivity contribution in [2.24, 2.45) is 5.92 Å². The van der Waals surface area contributed by atoms with Crippen LogP contribution in [0.4, 0.5) is 10.6 Å². The molecule has 0 aromatic carbocycles. The second-order valence-electron chi connectivity index (χ2n) is 6.69. The van der Waals surface area contributed by atoms with Crippen molar-refractivity contribution in [3.05, 3.63) is 46.3 Å². The highest BCUT2D eigenvalue weighted by molar-refractivity contribution is 7.10. The fourth-order valence-corrected chi connectivity index (χ4v) is 3.89. The first-order valence-electron chi connectivity index (χ1n) is 8.99. The Morgan fingerprint density at radius 2 is 2.15 bits per heavy atom. The topological polar surface area (TPSA) is 66.5 Å². The van der Waals surface area contributed by atoms with E-state index < -0.39 is 0 Å². The van der Waals surface area contributed by atoms with E-state index in [0.717, 1.165) is 37.7 Å². The van der Waals surface area contributed by atoms with Crippen LogP contribution in [0.1, 0.15) is 30.3 Å². The van der Waals surface area contributed by atoms with E-state index in [-0.39, 0.29) is 12.1 Å². The maximum atomic E-state index is 12.4. The Kier molecular flexibility index (Phi) is 6.46. The molecule has 0 radical (unpaired) electrons. The highest BCUT2D eigenvalue weighted by Gasteiger charge is 2.19. The van der Waals surface area contributed by atoms with Crippen LogP contribution in [0.5, 0.6) is 0 Å². The SMILES string of the molecule is CC(C)C(NC(=O)NCc1ccnc(N2CCOCC2)c1)c1cccs1. The molecule has 0 aliphatic carbocycles. The number of ether oxygens (including phenoxy) is 1. The minimum absolute atomic E-state index is 0.0244. The average molecular weight is 375 g/mol. The summed E-state index contributed by atoms with van der Waals surface area (Å²) in [4.78, 5) is 20.2. The van der Waals surface area contributed by atoms with Crippen molar-refractivity contribution < 1.29 is 9.53 Å². The summed E-state index contributed by atoms with van der Waals surface area (Å²) in [7, 11) is 0. The molecule has 1 aliphatic heterocycles. The second kappa shape index (κ2) is 9.00. The van der Waals surface area contributed by atoms with Crippen molar-refractivity contribution in [3.63, 3.8) is 0 Å². The number of nitrogens with zero attached hydrogens (tertiary/aromatic N) is 2. The van der Waals surface area contributed by atoms with E-state index in [0.29, 0.717) is 12.5 Å². The zero-order valence-electron chi connectivity index (χ0n) is 15.3. The number of carbonyl (C=O) groups excluding carboxylic acids is 1. The summed E-state index contributed by atoms with van der Waals surface area (Å²) < 4.78 is 5.38. The van der Waals surface area contributed by atoms with Gasteiger partial charge in [0.05, 0.1) is 19.3 Å². The molecule has 0 spiro atoms. The van der Waals surface area contributed by atoms with E-state index in [4.69, 9.17) is 4.74 Å². The molecule has 2 amide bonds. The maximum Gasteiger partial charge on any atom is 0.315 e. The minimum atomic E-state index is -0.151. The molecule has 0 bridgehead atoms. The maximum absolute atomic E-state index is 12.4. The molecule has 1 saturated heterocycles. The molecule has 2 N–H and O–H groups in total. The molecule has 0 saturated carbocycles. The van der Waals surface area contributed by atoms with Gasteiger partial charge in [0.2, 0.25) is 0 Å². The van der Waals surface area contributed by atoms with E-state index in [1.807, 2.05) is 23.6 Å². The van der Waals surface area contributed by atoms with Crippen molar-refractivity contribution in [2.75, 3.05) is 31.2 Å². The van der Waals surface area contributed by atoms with Gasteiger partial charge in [-0.3, -0.25) is 0 Å². The monoisotopic (exact) mass is 374 g/mol. The lowest BCUT2D eigenvalue weighted by atomic mass is 10.0. The Bertz CT molecular complexity index is 699. The molecule has 140 valence electrons. The number of nitrogens with one attached hydrogen (secondary N) is 2. The molecule has 1 atom stereocenters. The number of anilines is 1. The first-order valence-corrected chi connectivity index (χ1v) is 9.87. The molecule has 2 aromatic rings. The lowest BCUT2D eigenvalue weighted by Crippen LogP contribution is -2.39. The van der Waals surface area contributed by atoms with E-state index in [2.05, 4.69) is 40.4 Å². The van der Waals surface area contributed by atoms with Crippen LogP contribution in [0.15, 0.2) is 35.8 Å². The van der Waals surface area contributed by atoms with Gasteiger partial charge in [-0.25, -0.2) is 9.78 Å². The number of hydrogen-bond acceptors (Lipinski definition) is 5. The number of hydrogen-bond donors (Lipinski definition) is 2. The fourth-order valence-electron chi connectivity index (χ4n) is 2.95. The van der Waals surface area contributed by atoms with Crippen molar-refractivity contribution in [2.45, 2.75) is 26.4 Å². The van der Waals surface area contributed by atoms with Gasteiger partial charge in [-0.15, -0.1) is 11.3 Å². The summed E-state index contributed by atoms with van der Waals surface area (Å²) >= 11 is 1.67. The van der Waals surface area contributed by atoms with Gasteiger partial charge in [0.25, 0.3) is 0 Å². The quantitative estimate of drug-likeness (QED) is 0.815. The lowest BCUT2D eigenvalue weighted by molar-refractivity contribution is 0.122. The van der Waals surface area contributed by atoms with Gasteiger partial charge in [0, 0.05) is 30.7 Å². The number of morpholine rings is 1. The van der Waals surface area contributed by atoms with E-state index >= 15 is 0 Å². The first-order chi connectivity index (χ1) is 12.6. The Hall–Kier alpha value is -2.12. The molecule has 2 aromatic heterocycles. The predicted octanol–water partition coefficient (Wildman–Crippen LogP) is 3.18. The van der Waals surface area contributed by atoms with Gasteiger partial charge in [0.1, 0.15) is 5.82 Å². The summed E-state index contributed by atoms with van der Waals surface area (Å²) in [5, 5.41) is 8.08. The molecule has 7 heteroatoms. The molecule has 3 heterocycles. The zero-order valence-corrected chi connectivity index (χ0v) is 16.1. The molecule has 1 aliphatic rings. The van der Waals surface area contributed by atoms with E-state index in [1.54, 1.807) is 17.5 Å². The summed E-state index contributed by atoms with van der Waals surface area (Å²) in [6.07, 6.45) is 1.79. The van der Waals surface area contributed by atoms with Crippen molar-refractivity contribution in [1.82, 2.24) is 15.6 Å². The van der Waals surface area contributed by atoms with Gasteiger partial charge in [-0.2, -0.15) is 0 Å². The van der Waals surface area contributed by atoms with Crippen LogP contribution in [-0.2, 0) is 11.3 Å². The van der Waals surface area contributed by atoms with Crippen LogP contribution in [-0.4, -0.2) is 37.3 Å². The fraction of sp³-hybridized carbons (Fsp3) is 0.474. The Morgan fingerprint density at radius 3 is 2.85 bits per heavy atom. The van der Waals surface area contributed by atoms with Crippen LogP contribution in [0.25, 0.3) is 0 Å². The minimum Gasteiger partial charge on any atom is -0.378 e. The molecule has 6 nitrogen and oxygen atoms in total. The highest BCUT2D eigenvalue weighted by Crippen LogP contribution is 2.25. The van der Waals surface area contributed by atoms with Crippen molar-refractivity contribution >= 4 is 23.2 Å². The zero-order chi connectivity index (χ0) is 18.4. The summed E-state index contributed by atoms with van der Waals surface area (Å²) in [6, 6.07) is 7.92. The van der Waals surface area contributed by atoms with E-state index in [9.17, 15) is 4.79 Å². The van der Waals surface area contributed by atoms with E-state index in [1.165, 1.54) is 4.88 Å².